The zero-order chi connectivity index (χ0) is 21.8. The summed E-state index contributed by atoms with van der Waals surface area (Å²) in [6, 6.07) is 16.5. The van der Waals surface area contributed by atoms with Gasteiger partial charge in [-0.1, -0.05) is 68.3 Å². The van der Waals surface area contributed by atoms with Gasteiger partial charge < -0.3 is 11.5 Å². The minimum atomic E-state index is -5.02. The largest absolute Gasteiger partial charge is 0.425 e. The number of rotatable bonds is 5. The Morgan fingerprint density at radius 2 is 0.929 bits per heavy atom. The molecule has 6 N–H and O–H groups in total. The first-order valence-electron chi connectivity index (χ1n) is 7.70. The van der Waals surface area contributed by atoms with Crippen LogP contribution in [0.15, 0.2) is 48.5 Å². The van der Waals surface area contributed by atoms with Crippen LogP contribution < -0.4 is 11.5 Å². The van der Waals surface area contributed by atoms with Crippen LogP contribution >= 0.6 is 0 Å². The average Bonchev–Trinajstić information content (AvgIpc) is 2.61. The van der Waals surface area contributed by atoms with Crippen molar-refractivity contribution < 1.29 is 34.6 Å². The van der Waals surface area contributed by atoms with Crippen LogP contribution in [0.2, 0.25) is 0 Å². The lowest BCUT2D eigenvalue weighted by molar-refractivity contribution is -0.105. The van der Waals surface area contributed by atoms with Crippen molar-refractivity contribution in [1.29, 1.82) is 0 Å². The van der Waals surface area contributed by atoms with Gasteiger partial charge in [-0.15, -0.1) is 0 Å². The summed E-state index contributed by atoms with van der Waals surface area (Å²) in [5.41, 5.74) is 15.8. The molecule has 0 amide bonds. The molecule has 0 atom stereocenters. The number of benzene rings is 2. The molecule has 0 heterocycles. The van der Waals surface area contributed by atoms with Gasteiger partial charge in [-0.2, -0.15) is 16.8 Å². The lowest BCUT2D eigenvalue weighted by Gasteiger charge is -1.94. The van der Waals surface area contributed by atoms with Gasteiger partial charge in [0.1, 0.15) is 0 Å². The third-order valence-electron chi connectivity index (χ3n) is 2.91. The van der Waals surface area contributed by atoms with Crippen LogP contribution in [-0.4, -0.2) is 25.9 Å². The molecular weight excluding hydrogens is 412 g/mol. The molecule has 0 aliphatic heterocycles. The molecule has 2 rings (SSSR count). The third kappa shape index (κ3) is 15.2. The lowest BCUT2D eigenvalue weighted by atomic mass is 10.2. The minimum absolute atomic E-state index is 0.639. The first kappa shape index (κ1) is 26.1. The summed E-state index contributed by atoms with van der Waals surface area (Å²) in [5, 5.41) is 0. The normalized spacial score (nSPS) is 10.9. The van der Waals surface area contributed by atoms with Crippen molar-refractivity contribution in [1.82, 2.24) is 0 Å². The maximum atomic E-state index is 9.51. The Bertz CT molecular complexity index is 819. The Labute approximate surface area is 164 Å². The summed E-state index contributed by atoms with van der Waals surface area (Å²) in [7, 11) is -10.0. The fourth-order valence-electron chi connectivity index (χ4n) is 1.52. The van der Waals surface area contributed by atoms with Crippen molar-refractivity contribution >= 4 is 20.8 Å². The highest BCUT2D eigenvalue weighted by Crippen LogP contribution is 2.01. The molecular formula is C16H24N2O8S2. The molecule has 0 unspecified atom stereocenters. The van der Waals surface area contributed by atoms with Crippen molar-refractivity contribution in [3.63, 3.8) is 0 Å². The first-order chi connectivity index (χ1) is 12.9. The number of hydrogen-bond acceptors (Lipinski definition) is 8. The highest BCUT2D eigenvalue weighted by atomic mass is 32.3. The summed E-state index contributed by atoms with van der Waals surface area (Å²) < 4.78 is 58.9. The standard InChI is InChI=1S/2C8H11N.H2O8S2/c2*1-7-2-4-8(6-9)5-3-7;1-9(2,3)7-8-10(4,5)6/h2*2-5H,6,9H2,1H3;(H,1,2,3)(H,4,5,6). The van der Waals surface area contributed by atoms with Crippen LogP contribution in [-0.2, 0) is 42.6 Å². The molecule has 0 saturated carbocycles. The molecule has 0 spiro atoms. The minimum Gasteiger partial charge on any atom is -0.326 e. The van der Waals surface area contributed by atoms with Gasteiger partial charge in [-0.05, 0) is 25.0 Å². The van der Waals surface area contributed by atoms with E-state index in [0.717, 1.165) is 0 Å². The van der Waals surface area contributed by atoms with Gasteiger partial charge in [0.25, 0.3) is 0 Å². The van der Waals surface area contributed by atoms with Gasteiger partial charge in [0.2, 0.25) is 0 Å². The van der Waals surface area contributed by atoms with E-state index in [-0.39, 0.29) is 0 Å². The molecule has 0 saturated heterocycles. The molecule has 2 aromatic rings. The predicted octanol–water partition coefficient (Wildman–Crippen LogP) is 1.45. The van der Waals surface area contributed by atoms with Crippen LogP contribution in [0.4, 0.5) is 0 Å². The van der Waals surface area contributed by atoms with E-state index in [4.69, 9.17) is 20.6 Å². The zero-order valence-electron chi connectivity index (χ0n) is 15.3. The van der Waals surface area contributed by atoms with E-state index < -0.39 is 20.8 Å². The summed E-state index contributed by atoms with van der Waals surface area (Å²) >= 11 is 0. The summed E-state index contributed by atoms with van der Waals surface area (Å²) in [6.45, 7) is 5.42. The van der Waals surface area contributed by atoms with E-state index in [2.05, 4.69) is 71.0 Å². The van der Waals surface area contributed by atoms with Crippen LogP contribution in [0.25, 0.3) is 0 Å². The van der Waals surface area contributed by atoms with Crippen molar-refractivity contribution in [2.45, 2.75) is 26.9 Å². The van der Waals surface area contributed by atoms with E-state index in [0.29, 0.717) is 13.1 Å². The van der Waals surface area contributed by atoms with Gasteiger partial charge in [-0.3, -0.25) is 9.11 Å². The molecule has 0 aliphatic rings. The molecule has 0 radical (unpaired) electrons. The quantitative estimate of drug-likeness (QED) is 0.304. The summed E-state index contributed by atoms with van der Waals surface area (Å²) in [5.74, 6) is 0. The highest BCUT2D eigenvalue weighted by molar-refractivity contribution is 7.83. The molecule has 158 valence electrons. The highest BCUT2D eigenvalue weighted by Gasteiger charge is 2.13. The van der Waals surface area contributed by atoms with E-state index in [9.17, 15) is 16.8 Å². The Hall–Kier alpha value is -1.90. The molecule has 0 aromatic heterocycles. The van der Waals surface area contributed by atoms with E-state index in [1.165, 1.54) is 22.3 Å². The molecule has 0 bridgehead atoms. The predicted molar refractivity (Wildman–Crippen MR) is 103 cm³/mol. The molecule has 0 fully saturated rings. The number of hydrogen-bond donors (Lipinski definition) is 4. The second kappa shape index (κ2) is 12.5. The van der Waals surface area contributed by atoms with Crippen molar-refractivity contribution in [2.75, 3.05) is 0 Å². The van der Waals surface area contributed by atoms with Crippen molar-refractivity contribution in [2.24, 2.45) is 11.5 Å². The van der Waals surface area contributed by atoms with Gasteiger partial charge >= 0.3 is 20.8 Å². The summed E-state index contributed by atoms with van der Waals surface area (Å²) in [4.78, 5) is 0. The van der Waals surface area contributed by atoms with Crippen LogP contribution in [0.1, 0.15) is 22.3 Å². The topological polar surface area (TPSA) is 179 Å². The Kier molecular flexibility index (Phi) is 11.7. The average molecular weight is 437 g/mol. The Balaban J connectivity index is 0.000000391. The number of nitrogens with two attached hydrogens (primary N) is 2. The van der Waals surface area contributed by atoms with E-state index in [1.807, 2.05) is 0 Å². The van der Waals surface area contributed by atoms with Crippen LogP contribution in [0.3, 0.4) is 0 Å². The SMILES string of the molecule is Cc1ccc(CN)cc1.Cc1ccc(CN)cc1.O=S(=O)(O)OOS(=O)(=O)O. The van der Waals surface area contributed by atoms with E-state index in [1.54, 1.807) is 0 Å². The van der Waals surface area contributed by atoms with Gasteiger partial charge in [0, 0.05) is 13.1 Å². The number of aryl methyl sites for hydroxylation is 2. The molecule has 10 nitrogen and oxygen atoms in total. The Morgan fingerprint density at radius 1 is 0.679 bits per heavy atom. The first-order valence-corrected chi connectivity index (χ1v) is 10.4. The Morgan fingerprint density at radius 3 is 1.11 bits per heavy atom. The van der Waals surface area contributed by atoms with Crippen molar-refractivity contribution in [3.8, 4) is 0 Å². The van der Waals surface area contributed by atoms with Crippen LogP contribution in [0.5, 0.6) is 0 Å². The second-order valence-corrected chi connectivity index (χ2v) is 7.35. The zero-order valence-corrected chi connectivity index (χ0v) is 17.0. The fraction of sp³-hybridized carbons (Fsp3) is 0.250. The smallest absolute Gasteiger partial charge is 0.326 e. The van der Waals surface area contributed by atoms with Crippen molar-refractivity contribution in [3.05, 3.63) is 70.8 Å². The van der Waals surface area contributed by atoms with Crippen LogP contribution in [0, 0.1) is 13.8 Å². The molecule has 28 heavy (non-hydrogen) atoms. The molecule has 0 aliphatic carbocycles. The lowest BCUT2D eigenvalue weighted by Crippen LogP contribution is -2.10. The maximum Gasteiger partial charge on any atom is 0.425 e. The van der Waals surface area contributed by atoms with Gasteiger partial charge in [0.15, 0.2) is 0 Å². The van der Waals surface area contributed by atoms with Gasteiger partial charge in [0.05, 0.1) is 0 Å². The summed E-state index contributed by atoms with van der Waals surface area (Å²) in [6.07, 6.45) is 0. The second-order valence-electron chi connectivity index (χ2n) is 5.37. The van der Waals surface area contributed by atoms with Gasteiger partial charge in [-0.25, -0.2) is 0 Å². The van der Waals surface area contributed by atoms with E-state index >= 15 is 0 Å². The molecule has 12 heteroatoms. The monoisotopic (exact) mass is 436 g/mol. The molecule has 2 aromatic carbocycles. The maximum absolute atomic E-state index is 9.51. The fourth-order valence-corrected chi connectivity index (χ4v) is 2.08. The third-order valence-corrected chi connectivity index (χ3v) is 3.48.